The van der Waals surface area contributed by atoms with Gasteiger partial charge in [0.15, 0.2) is 0 Å². The fourth-order valence-corrected chi connectivity index (χ4v) is 2.17. The first-order valence-corrected chi connectivity index (χ1v) is 6.16. The number of nitrogens with one attached hydrogen (secondary N) is 2. The number of hydrogen-bond donors (Lipinski definition) is 2. The summed E-state index contributed by atoms with van der Waals surface area (Å²) in [5.74, 6) is -0.188. The van der Waals surface area contributed by atoms with Crippen molar-refractivity contribution in [3.05, 3.63) is 30.1 Å². The van der Waals surface area contributed by atoms with Gasteiger partial charge < -0.3 is 15.5 Å². The zero-order chi connectivity index (χ0) is 12.1. The van der Waals surface area contributed by atoms with Crippen molar-refractivity contribution in [1.82, 2.24) is 10.2 Å². The molecule has 1 aromatic carbocycles. The Morgan fingerprint density at radius 1 is 1.53 bits per heavy atom. The molecule has 2 rings (SSSR count). The first-order chi connectivity index (χ1) is 8.25. The highest BCUT2D eigenvalue weighted by Gasteiger charge is 2.17. The smallest absolute Gasteiger partial charge is 0.125 e. The van der Waals surface area contributed by atoms with E-state index in [9.17, 15) is 4.39 Å². The minimum atomic E-state index is -0.188. The fourth-order valence-electron chi connectivity index (χ4n) is 2.17. The molecule has 1 saturated heterocycles. The number of benzene rings is 1. The third-order valence-corrected chi connectivity index (χ3v) is 3.28. The van der Waals surface area contributed by atoms with Gasteiger partial charge in [-0.05, 0) is 31.7 Å². The lowest BCUT2D eigenvalue weighted by Gasteiger charge is -2.33. The predicted octanol–water partition coefficient (Wildman–Crippen LogP) is 1.53. The van der Waals surface area contributed by atoms with Crippen LogP contribution in [0.2, 0.25) is 0 Å². The number of rotatable bonds is 4. The minimum Gasteiger partial charge on any atom is -0.385 e. The number of anilines is 1. The lowest BCUT2D eigenvalue weighted by atomic mass is 10.1. The molecule has 1 atom stereocenters. The van der Waals surface area contributed by atoms with Crippen molar-refractivity contribution in [1.29, 1.82) is 0 Å². The number of halogens is 1. The Hall–Kier alpha value is -1.13. The molecule has 17 heavy (non-hydrogen) atoms. The third kappa shape index (κ3) is 3.68. The Kier molecular flexibility index (Phi) is 4.34. The average molecular weight is 237 g/mol. The number of hydrogen-bond acceptors (Lipinski definition) is 3. The summed E-state index contributed by atoms with van der Waals surface area (Å²) in [6.45, 7) is 4.09. The average Bonchev–Trinajstić information content (AvgIpc) is 2.32. The van der Waals surface area contributed by atoms with Gasteiger partial charge in [-0.25, -0.2) is 4.39 Å². The molecule has 1 aromatic rings. The van der Waals surface area contributed by atoms with Crippen LogP contribution in [0, 0.1) is 5.82 Å². The number of piperazine rings is 1. The molecule has 1 heterocycles. The van der Waals surface area contributed by atoms with E-state index in [0.29, 0.717) is 6.04 Å². The van der Waals surface area contributed by atoms with Gasteiger partial charge >= 0.3 is 0 Å². The van der Waals surface area contributed by atoms with E-state index in [4.69, 9.17) is 0 Å². The van der Waals surface area contributed by atoms with E-state index in [1.165, 1.54) is 12.1 Å². The normalized spacial score (nSPS) is 21.4. The largest absolute Gasteiger partial charge is 0.385 e. The van der Waals surface area contributed by atoms with Crippen LogP contribution in [0.25, 0.3) is 0 Å². The minimum absolute atomic E-state index is 0.188. The Labute approximate surface area is 102 Å². The molecular weight excluding hydrogens is 217 g/mol. The molecule has 0 saturated carbocycles. The molecule has 4 heteroatoms. The van der Waals surface area contributed by atoms with E-state index in [1.807, 2.05) is 6.07 Å². The molecule has 0 amide bonds. The second-order valence-electron chi connectivity index (χ2n) is 4.56. The van der Waals surface area contributed by atoms with Gasteiger partial charge in [0, 0.05) is 37.9 Å². The zero-order valence-corrected chi connectivity index (χ0v) is 10.2. The highest BCUT2D eigenvalue weighted by Crippen LogP contribution is 2.10. The van der Waals surface area contributed by atoms with E-state index >= 15 is 0 Å². The molecule has 0 aromatic heterocycles. The van der Waals surface area contributed by atoms with Gasteiger partial charge in [0.05, 0.1) is 0 Å². The number of nitrogens with zero attached hydrogens (tertiary/aromatic N) is 1. The molecule has 1 aliphatic rings. The lowest BCUT2D eigenvalue weighted by Crippen LogP contribution is -2.49. The molecule has 0 spiro atoms. The van der Waals surface area contributed by atoms with Crippen LogP contribution in [0.15, 0.2) is 24.3 Å². The van der Waals surface area contributed by atoms with Crippen LogP contribution in [-0.2, 0) is 0 Å². The van der Waals surface area contributed by atoms with Crippen LogP contribution in [0.5, 0.6) is 0 Å². The van der Waals surface area contributed by atoms with Crippen LogP contribution in [-0.4, -0.2) is 44.2 Å². The van der Waals surface area contributed by atoms with Crippen molar-refractivity contribution in [2.75, 3.05) is 38.5 Å². The van der Waals surface area contributed by atoms with Gasteiger partial charge in [-0.3, -0.25) is 0 Å². The van der Waals surface area contributed by atoms with E-state index in [2.05, 4.69) is 22.6 Å². The maximum absolute atomic E-state index is 13.0. The van der Waals surface area contributed by atoms with Gasteiger partial charge in [0.25, 0.3) is 0 Å². The topological polar surface area (TPSA) is 27.3 Å². The second-order valence-corrected chi connectivity index (χ2v) is 4.56. The third-order valence-electron chi connectivity index (χ3n) is 3.28. The van der Waals surface area contributed by atoms with E-state index < -0.39 is 0 Å². The van der Waals surface area contributed by atoms with E-state index in [-0.39, 0.29) is 5.82 Å². The summed E-state index contributed by atoms with van der Waals surface area (Å²) < 4.78 is 13.0. The summed E-state index contributed by atoms with van der Waals surface area (Å²) in [5.41, 5.74) is 0.858. The molecule has 0 bridgehead atoms. The van der Waals surface area contributed by atoms with Gasteiger partial charge in [-0.1, -0.05) is 6.07 Å². The SMILES string of the molecule is CN1CCNCC1CCNc1cccc(F)c1. The standard InChI is InChI=1S/C13H20FN3/c1-17-8-7-15-10-13(17)5-6-16-12-4-2-3-11(14)9-12/h2-4,9,13,15-16H,5-8,10H2,1H3. The molecule has 2 N–H and O–H groups in total. The quantitative estimate of drug-likeness (QED) is 0.831. The highest BCUT2D eigenvalue weighted by molar-refractivity contribution is 5.42. The molecule has 94 valence electrons. The highest BCUT2D eigenvalue weighted by atomic mass is 19.1. The van der Waals surface area contributed by atoms with Gasteiger partial charge in [0.1, 0.15) is 5.82 Å². The van der Waals surface area contributed by atoms with Crippen molar-refractivity contribution in [2.45, 2.75) is 12.5 Å². The maximum Gasteiger partial charge on any atom is 0.125 e. The van der Waals surface area contributed by atoms with Gasteiger partial charge in [-0.15, -0.1) is 0 Å². The Balaban J connectivity index is 1.75. The Morgan fingerprint density at radius 3 is 3.18 bits per heavy atom. The summed E-state index contributed by atoms with van der Waals surface area (Å²) in [5, 5.41) is 6.65. The van der Waals surface area contributed by atoms with Crippen molar-refractivity contribution in [3.8, 4) is 0 Å². The molecular formula is C13H20FN3. The molecule has 0 aliphatic carbocycles. The summed E-state index contributed by atoms with van der Waals surface area (Å²) in [6.07, 6.45) is 1.07. The molecule has 1 aliphatic heterocycles. The first kappa shape index (κ1) is 12.3. The zero-order valence-electron chi connectivity index (χ0n) is 10.2. The monoisotopic (exact) mass is 237 g/mol. The molecule has 1 fully saturated rings. The van der Waals surface area contributed by atoms with Crippen molar-refractivity contribution >= 4 is 5.69 Å². The Bertz CT molecular complexity index is 356. The molecule has 3 nitrogen and oxygen atoms in total. The first-order valence-electron chi connectivity index (χ1n) is 6.16. The van der Waals surface area contributed by atoms with Crippen LogP contribution < -0.4 is 10.6 Å². The van der Waals surface area contributed by atoms with Gasteiger partial charge in [-0.2, -0.15) is 0 Å². The molecule has 0 radical (unpaired) electrons. The van der Waals surface area contributed by atoms with Crippen LogP contribution >= 0.6 is 0 Å². The Morgan fingerprint density at radius 2 is 2.41 bits per heavy atom. The van der Waals surface area contributed by atoms with Crippen LogP contribution in [0.3, 0.4) is 0 Å². The van der Waals surface area contributed by atoms with Crippen molar-refractivity contribution in [3.63, 3.8) is 0 Å². The predicted molar refractivity (Wildman–Crippen MR) is 68.8 cm³/mol. The summed E-state index contributed by atoms with van der Waals surface area (Å²) in [4.78, 5) is 2.38. The van der Waals surface area contributed by atoms with E-state index in [0.717, 1.165) is 38.3 Å². The van der Waals surface area contributed by atoms with Crippen molar-refractivity contribution < 1.29 is 4.39 Å². The summed E-state index contributed by atoms with van der Waals surface area (Å²) >= 11 is 0. The van der Waals surface area contributed by atoms with E-state index in [1.54, 1.807) is 6.07 Å². The van der Waals surface area contributed by atoms with Crippen LogP contribution in [0.1, 0.15) is 6.42 Å². The van der Waals surface area contributed by atoms with Gasteiger partial charge in [0.2, 0.25) is 0 Å². The second kappa shape index (κ2) is 5.98. The maximum atomic E-state index is 13.0. The summed E-state index contributed by atoms with van der Waals surface area (Å²) in [6, 6.07) is 7.19. The fraction of sp³-hybridized carbons (Fsp3) is 0.538. The van der Waals surface area contributed by atoms with Crippen molar-refractivity contribution in [2.24, 2.45) is 0 Å². The number of likely N-dealkylation sites (N-methyl/N-ethyl adjacent to an activating group) is 1. The van der Waals surface area contributed by atoms with Crippen LogP contribution in [0.4, 0.5) is 10.1 Å². The lowest BCUT2D eigenvalue weighted by molar-refractivity contribution is 0.194. The summed E-state index contributed by atoms with van der Waals surface area (Å²) in [7, 11) is 2.16. The molecule has 1 unspecified atom stereocenters.